The molecule has 1 aromatic heterocycles. The summed E-state index contributed by atoms with van der Waals surface area (Å²) in [7, 11) is 2.23. The maximum atomic E-state index is 11.8. The van der Waals surface area contributed by atoms with Gasteiger partial charge in [0.1, 0.15) is 0 Å². The number of amides is 1. The number of likely N-dealkylation sites (tertiary alicyclic amines) is 1. The Labute approximate surface area is 173 Å². The van der Waals surface area contributed by atoms with Gasteiger partial charge in [0.25, 0.3) is 0 Å². The van der Waals surface area contributed by atoms with E-state index in [0.29, 0.717) is 24.4 Å². The van der Waals surface area contributed by atoms with Crippen LogP contribution in [0.4, 0.5) is 0 Å². The van der Waals surface area contributed by atoms with E-state index in [9.17, 15) is 4.79 Å². The minimum Gasteiger partial charge on any atom is -0.357 e. The van der Waals surface area contributed by atoms with Crippen molar-refractivity contribution in [2.75, 3.05) is 33.2 Å². The van der Waals surface area contributed by atoms with Crippen molar-refractivity contribution in [2.24, 2.45) is 10.9 Å². The van der Waals surface area contributed by atoms with Crippen LogP contribution in [0.1, 0.15) is 56.4 Å². The van der Waals surface area contributed by atoms with E-state index in [1.54, 1.807) is 0 Å². The Balaban J connectivity index is 1.48. The van der Waals surface area contributed by atoms with Crippen molar-refractivity contribution in [2.45, 2.75) is 57.5 Å². The molecular weight excluding hydrogens is 370 g/mol. The average Bonchev–Trinajstić information content (AvgIpc) is 3.32. The third-order valence-electron chi connectivity index (χ3n) is 5.49. The summed E-state index contributed by atoms with van der Waals surface area (Å²) in [4.78, 5) is 20.6. The first-order valence-corrected chi connectivity index (χ1v) is 11.6. The molecule has 1 amide bonds. The minimum absolute atomic E-state index is 0.176. The second-order valence-corrected chi connectivity index (χ2v) is 8.91. The Bertz CT molecular complexity index is 629. The zero-order valence-corrected chi connectivity index (χ0v) is 18.1. The molecule has 0 radical (unpaired) electrons. The van der Waals surface area contributed by atoms with Gasteiger partial charge in [-0.15, -0.1) is 11.3 Å². The standard InChI is InChI=1S/C21H35N5OS/c1-3-22-21(23-12-4-9-19(27)25-17-10-11-17)24-15-16-7-5-13-26(2)20(16)18-8-6-14-28-18/h6,8,14,16-17,20H,3-5,7,9-13,15H2,1-2H3,(H,25,27)(H2,22,23,24). The fraction of sp³-hybridized carbons (Fsp3) is 0.714. The van der Waals surface area contributed by atoms with Crippen LogP contribution in [0.25, 0.3) is 0 Å². The lowest BCUT2D eigenvalue weighted by atomic mass is 9.88. The van der Waals surface area contributed by atoms with Crippen LogP contribution in [0, 0.1) is 5.92 Å². The average molecular weight is 406 g/mol. The zero-order valence-electron chi connectivity index (χ0n) is 17.2. The lowest BCUT2D eigenvalue weighted by molar-refractivity contribution is -0.121. The van der Waals surface area contributed by atoms with Crippen LogP contribution in [-0.2, 0) is 4.79 Å². The van der Waals surface area contributed by atoms with E-state index < -0.39 is 0 Å². The van der Waals surface area contributed by atoms with Gasteiger partial charge in [-0.1, -0.05) is 6.07 Å². The molecule has 0 aromatic carbocycles. The number of nitrogens with one attached hydrogen (secondary N) is 3. The predicted octanol–water partition coefficient (Wildman–Crippen LogP) is 2.74. The number of carbonyl (C=O) groups excluding carboxylic acids is 1. The number of hydrogen-bond acceptors (Lipinski definition) is 4. The van der Waals surface area contributed by atoms with E-state index in [2.05, 4.69) is 52.3 Å². The molecule has 1 aliphatic heterocycles. The van der Waals surface area contributed by atoms with Crippen molar-refractivity contribution < 1.29 is 4.79 Å². The Morgan fingerprint density at radius 3 is 2.89 bits per heavy atom. The summed E-state index contributed by atoms with van der Waals surface area (Å²) in [5.74, 6) is 1.58. The lowest BCUT2D eigenvalue weighted by Gasteiger charge is -2.38. The minimum atomic E-state index is 0.176. The van der Waals surface area contributed by atoms with Crippen molar-refractivity contribution in [3.05, 3.63) is 22.4 Å². The van der Waals surface area contributed by atoms with Gasteiger partial charge in [0, 0.05) is 43.0 Å². The number of hydrogen-bond donors (Lipinski definition) is 3. The maximum Gasteiger partial charge on any atom is 0.220 e. The van der Waals surface area contributed by atoms with E-state index in [0.717, 1.165) is 51.4 Å². The third kappa shape index (κ3) is 6.48. The number of nitrogens with zero attached hydrogens (tertiary/aromatic N) is 2. The SMILES string of the molecule is CCNC(=NCC1CCCN(C)C1c1cccs1)NCCCC(=O)NC1CC1. The molecule has 3 rings (SSSR count). The van der Waals surface area contributed by atoms with Crippen LogP contribution in [0.2, 0.25) is 0 Å². The highest BCUT2D eigenvalue weighted by atomic mass is 32.1. The molecule has 28 heavy (non-hydrogen) atoms. The van der Waals surface area contributed by atoms with Crippen molar-refractivity contribution in [3.63, 3.8) is 0 Å². The maximum absolute atomic E-state index is 11.8. The summed E-state index contributed by atoms with van der Waals surface area (Å²) < 4.78 is 0. The summed E-state index contributed by atoms with van der Waals surface area (Å²) in [6, 6.07) is 5.31. The summed E-state index contributed by atoms with van der Waals surface area (Å²) >= 11 is 1.85. The largest absolute Gasteiger partial charge is 0.357 e. The first-order chi connectivity index (χ1) is 13.7. The number of piperidine rings is 1. The number of guanidine groups is 1. The fourth-order valence-corrected chi connectivity index (χ4v) is 4.88. The summed E-state index contributed by atoms with van der Waals surface area (Å²) in [6.07, 6.45) is 6.15. The molecule has 2 unspecified atom stereocenters. The fourth-order valence-electron chi connectivity index (χ4n) is 3.89. The van der Waals surface area contributed by atoms with E-state index >= 15 is 0 Å². The smallest absolute Gasteiger partial charge is 0.220 e. The molecule has 1 saturated heterocycles. The van der Waals surface area contributed by atoms with Crippen molar-refractivity contribution >= 4 is 23.2 Å². The molecule has 2 atom stereocenters. The number of carbonyl (C=O) groups is 1. The molecule has 2 fully saturated rings. The lowest BCUT2D eigenvalue weighted by Crippen LogP contribution is -2.40. The van der Waals surface area contributed by atoms with Crippen LogP contribution >= 0.6 is 11.3 Å². The monoisotopic (exact) mass is 405 g/mol. The van der Waals surface area contributed by atoms with Gasteiger partial charge in [-0.25, -0.2) is 0 Å². The Hall–Kier alpha value is -1.60. The van der Waals surface area contributed by atoms with Gasteiger partial charge in [0.15, 0.2) is 5.96 Å². The molecule has 1 aliphatic carbocycles. The zero-order chi connectivity index (χ0) is 19.8. The second-order valence-electron chi connectivity index (χ2n) is 7.93. The van der Waals surface area contributed by atoms with Gasteiger partial charge in [-0.2, -0.15) is 0 Å². The molecule has 1 aromatic rings. The second kappa shape index (κ2) is 10.8. The first-order valence-electron chi connectivity index (χ1n) is 10.7. The topological polar surface area (TPSA) is 68.8 Å². The van der Waals surface area contributed by atoms with Crippen LogP contribution in [0.3, 0.4) is 0 Å². The number of aliphatic imine (C=N–C) groups is 1. The molecule has 156 valence electrons. The Kier molecular flexibility index (Phi) is 8.15. The van der Waals surface area contributed by atoms with Crippen LogP contribution < -0.4 is 16.0 Å². The first kappa shape index (κ1) is 21.1. The molecule has 2 heterocycles. The van der Waals surface area contributed by atoms with Gasteiger partial charge < -0.3 is 16.0 Å². The molecule has 7 heteroatoms. The van der Waals surface area contributed by atoms with Gasteiger partial charge in [-0.05, 0) is 70.0 Å². The van der Waals surface area contributed by atoms with Crippen molar-refractivity contribution in [3.8, 4) is 0 Å². The predicted molar refractivity (Wildman–Crippen MR) is 117 cm³/mol. The van der Waals surface area contributed by atoms with Crippen LogP contribution in [-0.4, -0.2) is 56.0 Å². The van der Waals surface area contributed by atoms with Gasteiger partial charge in [-0.3, -0.25) is 14.7 Å². The van der Waals surface area contributed by atoms with Crippen LogP contribution in [0.5, 0.6) is 0 Å². The highest BCUT2D eigenvalue weighted by molar-refractivity contribution is 7.10. The summed E-state index contributed by atoms with van der Waals surface area (Å²) in [5, 5.41) is 11.9. The third-order valence-corrected chi connectivity index (χ3v) is 6.43. The summed E-state index contributed by atoms with van der Waals surface area (Å²) in [6.45, 7) is 5.67. The number of thiophene rings is 1. The Morgan fingerprint density at radius 2 is 2.18 bits per heavy atom. The van der Waals surface area contributed by atoms with E-state index in [1.807, 2.05) is 11.3 Å². The van der Waals surface area contributed by atoms with E-state index in [4.69, 9.17) is 4.99 Å². The Morgan fingerprint density at radius 1 is 1.32 bits per heavy atom. The van der Waals surface area contributed by atoms with Crippen molar-refractivity contribution in [1.29, 1.82) is 0 Å². The van der Waals surface area contributed by atoms with E-state index in [1.165, 1.54) is 17.7 Å². The van der Waals surface area contributed by atoms with E-state index in [-0.39, 0.29) is 5.91 Å². The van der Waals surface area contributed by atoms with Crippen LogP contribution in [0.15, 0.2) is 22.5 Å². The molecule has 0 spiro atoms. The molecule has 3 N–H and O–H groups in total. The molecular formula is C21H35N5OS. The summed E-state index contributed by atoms with van der Waals surface area (Å²) in [5.41, 5.74) is 0. The normalized spacial score (nSPS) is 23.4. The quantitative estimate of drug-likeness (QED) is 0.336. The van der Waals surface area contributed by atoms with Crippen molar-refractivity contribution in [1.82, 2.24) is 20.9 Å². The van der Waals surface area contributed by atoms with Gasteiger partial charge in [0.2, 0.25) is 5.91 Å². The number of rotatable bonds is 9. The molecule has 2 aliphatic rings. The molecule has 1 saturated carbocycles. The highest BCUT2D eigenvalue weighted by Gasteiger charge is 2.31. The molecule has 6 nitrogen and oxygen atoms in total. The molecule has 0 bridgehead atoms. The van der Waals surface area contributed by atoms with Gasteiger partial charge in [0.05, 0.1) is 0 Å². The highest BCUT2D eigenvalue weighted by Crippen LogP contribution is 2.37. The van der Waals surface area contributed by atoms with Gasteiger partial charge >= 0.3 is 0 Å².